The highest BCUT2D eigenvalue weighted by Crippen LogP contribution is 2.18. The summed E-state index contributed by atoms with van der Waals surface area (Å²) < 4.78 is 5.69. The van der Waals surface area contributed by atoms with E-state index in [1.165, 1.54) is 24.8 Å². The van der Waals surface area contributed by atoms with Crippen molar-refractivity contribution in [2.24, 2.45) is 0 Å². The molecule has 2 amide bonds. The van der Waals surface area contributed by atoms with Gasteiger partial charge in [0.25, 0.3) is 0 Å². The molecule has 1 aromatic rings. The van der Waals surface area contributed by atoms with E-state index in [-0.39, 0.29) is 6.03 Å². The maximum absolute atomic E-state index is 11.8. The average molecular weight is 290 g/mol. The van der Waals surface area contributed by atoms with E-state index in [0.29, 0.717) is 19.2 Å². The van der Waals surface area contributed by atoms with Crippen molar-refractivity contribution >= 4 is 6.03 Å². The van der Waals surface area contributed by atoms with E-state index in [1.54, 1.807) is 0 Å². The van der Waals surface area contributed by atoms with Crippen molar-refractivity contribution in [1.82, 2.24) is 10.6 Å². The van der Waals surface area contributed by atoms with E-state index in [4.69, 9.17) is 4.74 Å². The van der Waals surface area contributed by atoms with E-state index in [9.17, 15) is 4.79 Å². The van der Waals surface area contributed by atoms with Crippen molar-refractivity contribution in [2.75, 3.05) is 13.2 Å². The van der Waals surface area contributed by atoms with Crippen LogP contribution in [0.4, 0.5) is 4.79 Å². The quantitative estimate of drug-likeness (QED) is 0.817. The van der Waals surface area contributed by atoms with E-state index >= 15 is 0 Å². The number of carbonyl (C=O) groups excluding carboxylic acids is 1. The predicted octanol–water partition coefficient (Wildman–Crippen LogP) is 3.31. The van der Waals surface area contributed by atoms with Gasteiger partial charge < -0.3 is 15.4 Å². The third-order valence-corrected chi connectivity index (χ3v) is 3.92. The number of amides is 2. The monoisotopic (exact) mass is 290 g/mol. The topological polar surface area (TPSA) is 50.4 Å². The maximum Gasteiger partial charge on any atom is 0.315 e. The summed E-state index contributed by atoms with van der Waals surface area (Å²) in [5.41, 5.74) is 2.35. The van der Waals surface area contributed by atoms with Gasteiger partial charge in [-0.05, 0) is 38.3 Å². The number of benzene rings is 1. The SMILES string of the molecule is Cc1ccc(OCCNC(=O)NC2CCCCC2)c(C)c1. The first-order chi connectivity index (χ1) is 10.1. The number of ether oxygens (including phenoxy) is 1. The zero-order valence-electron chi connectivity index (χ0n) is 13.1. The molecule has 1 aliphatic rings. The van der Waals surface area contributed by atoms with Gasteiger partial charge in [0.05, 0.1) is 6.54 Å². The molecule has 0 heterocycles. The molecule has 1 fully saturated rings. The van der Waals surface area contributed by atoms with Crippen LogP contribution in [0.25, 0.3) is 0 Å². The summed E-state index contributed by atoms with van der Waals surface area (Å²) in [7, 11) is 0. The molecule has 21 heavy (non-hydrogen) atoms. The molecule has 0 spiro atoms. The minimum Gasteiger partial charge on any atom is -0.491 e. The molecule has 0 atom stereocenters. The minimum atomic E-state index is -0.0777. The molecule has 1 aromatic carbocycles. The lowest BCUT2D eigenvalue weighted by Gasteiger charge is -2.22. The Labute approximate surface area is 127 Å². The van der Waals surface area contributed by atoms with Gasteiger partial charge in [-0.2, -0.15) is 0 Å². The van der Waals surface area contributed by atoms with E-state index in [2.05, 4.69) is 23.6 Å². The van der Waals surface area contributed by atoms with Crippen molar-refractivity contribution < 1.29 is 9.53 Å². The highest BCUT2D eigenvalue weighted by molar-refractivity contribution is 5.74. The molecule has 0 unspecified atom stereocenters. The van der Waals surface area contributed by atoms with Crippen LogP contribution in [0, 0.1) is 13.8 Å². The van der Waals surface area contributed by atoms with Crippen LogP contribution < -0.4 is 15.4 Å². The normalized spacial score (nSPS) is 15.5. The second kappa shape index (κ2) is 7.91. The molecule has 0 aliphatic heterocycles. The van der Waals surface area contributed by atoms with E-state index in [0.717, 1.165) is 24.2 Å². The van der Waals surface area contributed by atoms with Gasteiger partial charge in [-0.25, -0.2) is 4.79 Å². The molecule has 116 valence electrons. The fraction of sp³-hybridized carbons (Fsp3) is 0.588. The lowest BCUT2D eigenvalue weighted by atomic mass is 9.96. The lowest BCUT2D eigenvalue weighted by molar-refractivity contribution is 0.228. The smallest absolute Gasteiger partial charge is 0.315 e. The third kappa shape index (κ3) is 5.29. The summed E-state index contributed by atoms with van der Waals surface area (Å²) in [5, 5.41) is 5.89. The molecule has 2 N–H and O–H groups in total. The number of rotatable bonds is 5. The first kappa shape index (κ1) is 15.7. The van der Waals surface area contributed by atoms with Gasteiger partial charge in [0.1, 0.15) is 12.4 Å². The van der Waals surface area contributed by atoms with Crippen molar-refractivity contribution in [1.29, 1.82) is 0 Å². The van der Waals surface area contributed by atoms with Crippen LogP contribution in [0.5, 0.6) is 5.75 Å². The third-order valence-electron chi connectivity index (χ3n) is 3.92. The number of nitrogens with one attached hydrogen (secondary N) is 2. The van der Waals surface area contributed by atoms with Gasteiger partial charge in [0.15, 0.2) is 0 Å². The number of carbonyl (C=O) groups is 1. The van der Waals surface area contributed by atoms with Crippen LogP contribution in [0.1, 0.15) is 43.2 Å². The predicted molar refractivity (Wildman–Crippen MR) is 84.8 cm³/mol. The molecule has 0 radical (unpaired) electrons. The number of urea groups is 1. The van der Waals surface area contributed by atoms with Crippen LogP contribution in [0.2, 0.25) is 0 Å². The molecule has 0 aromatic heterocycles. The summed E-state index contributed by atoms with van der Waals surface area (Å²) in [6.45, 7) is 5.10. The summed E-state index contributed by atoms with van der Waals surface area (Å²) >= 11 is 0. The summed E-state index contributed by atoms with van der Waals surface area (Å²) in [6.07, 6.45) is 5.95. The maximum atomic E-state index is 11.8. The Hall–Kier alpha value is -1.71. The van der Waals surface area contributed by atoms with Gasteiger partial charge in [0, 0.05) is 6.04 Å². The Balaban J connectivity index is 1.63. The number of hydrogen-bond acceptors (Lipinski definition) is 2. The Morgan fingerprint density at radius 2 is 2.00 bits per heavy atom. The number of hydrogen-bond donors (Lipinski definition) is 2. The summed E-state index contributed by atoms with van der Waals surface area (Å²) in [5.74, 6) is 0.884. The van der Waals surface area contributed by atoms with Gasteiger partial charge in [-0.15, -0.1) is 0 Å². The van der Waals surface area contributed by atoms with Crippen molar-refractivity contribution in [3.63, 3.8) is 0 Å². The standard InChI is InChI=1S/C17H26N2O2/c1-13-8-9-16(14(2)12-13)21-11-10-18-17(20)19-15-6-4-3-5-7-15/h8-9,12,15H,3-7,10-11H2,1-2H3,(H2,18,19,20). The van der Waals surface area contributed by atoms with Crippen molar-refractivity contribution in [3.05, 3.63) is 29.3 Å². The van der Waals surface area contributed by atoms with Crippen molar-refractivity contribution in [3.8, 4) is 5.75 Å². The van der Waals surface area contributed by atoms with Crippen LogP contribution in [-0.4, -0.2) is 25.2 Å². The molecule has 4 nitrogen and oxygen atoms in total. The van der Waals surface area contributed by atoms with Gasteiger partial charge in [-0.1, -0.05) is 37.0 Å². The lowest BCUT2D eigenvalue weighted by Crippen LogP contribution is -2.44. The highest BCUT2D eigenvalue weighted by Gasteiger charge is 2.15. The highest BCUT2D eigenvalue weighted by atomic mass is 16.5. The number of aryl methyl sites for hydroxylation is 2. The molecule has 4 heteroatoms. The van der Waals surface area contributed by atoms with Crippen LogP contribution in [0.15, 0.2) is 18.2 Å². The molecular formula is C17H26N2O2. The molecule has 0 bridgehead atoms. The summed E-state index contributed by atoms with van der Waals surface area (Å²) in [4.78, 5) is 11.8. The first-order valence-corrected chi connectivity index (χ1v) is 7.89. The van der Waals surface area contributed by atoms with Gasteiger partial charge >= 0.3 is 6.03 Å². The average Bonchev–Trinajstić information content (AvgIpc) is 2.46. The first-order valence-electron chi connectivity index (χ1n) is 7.89. The largest absolute Gasteiger partial charge is 0.491 e. The minimum absolute atomic E-state index is 0.0777. The van der Waals surface area contributed by atoms with Gasteiger partial charge in [-0.3, -0.25) is 0 Å². The Bertz CT molecular complexity index is 468. The van der Waals surface area contributed by atoms with Gasteiger partial charge in [0.2, 0.25) is 0 Å². The van der Waals surface area contributed by atoms with Crippen molar-refractivity contribution in [2.45, 2.75) is 52.0 Å². The fourth-order valence-corrected chi connectivity index (χ4v) is 2.77. The molecule has 1 saturated carbocycles. The molecule has 0 saturated heterocycles. The Morgan fingerprint density at radius 1 is 1.24 bits per heavy atom. The van der Waals surface area contributed by atoms with Crippen LogP contribution >= 0.6 is 0 Å². The molecule has 1 aliphatic carbocycles. The van der Waals surface area contributed by atoms with Crippen LogP contribution in [0.3, 0.4) is 0 Å². The van der Waals surface area contributed by atoms with Crippen LogP contribution in [-0.2, 0) is 0 Å². The fourth-order valence-electron chi connectivity index (χ4n) is 2.77. The zero-order chi connectivity index (χ0) is 15.1. The second-order valence-corrected chi connectivity index (χ2v) is 5.85. The molecule has 2 rings (SSSR count). The Kier molecular flexibility index (Phi) is 5.90. The molecular weight excluding hydrogens is 264 g/mol. The Morgan fingerprint density at radius 3 is 2.71 bits per heavy atom. The van der Waals surface area contributed by atoms with E-state index in [1.807, 2.05) is 19.1 Å². The summed E-state index contributed by atoms with van der Waals surface area (Å²) in [6, 6.07) is 6.38. The van der Waals surface area contributed by atoms with E-state index < -0.39 is 0 Å². The zero-order valence-corrected chi connectivity index (χ0v) is 13.1. The second-order valence-electron chi connectivity index (χ2n) is 5.85.